The van der Waals surface area contributed by atoms with E-state index >= 15 is 0 Å². The molecule has 124 valence electrons. The van der Waals surface area contributed by atoms with Crippen molar-refractivity contribution in [3.8, 4) is 0 Å². The van der Waals surface area contributed by atoms with Crippen LogP contribution in [-0.2, 0) is 21.3 Å². The van der Waals surface area contributed by atoms with Gasteiger partial charge in [-0.2, -0.15) is 8.78 Å². The van der Waals surface area contributed by atoms with Gasteiger partial charge in [-0.05, 0) is 29.3 Å². The quantitative estimate of drug-likeness (QED) is 0.610. The van der Waals surface area contributed by atoms with E-state index in [2.05, 4.69) is 0 Å². The van der Waals surface area contributed by atoms with E-state index in [1.165, 1.54) is 24.3 Å². The lowest BCUT2D eigenvalue weighted by atomic mass is 10.2. The van der Waals surface area contributed by atoms with Crippen molar-refractivity contribution in [3.63, 3.8) is 0 Å². The van der Waals surface area contributed by atoms with Crippen molar-refractivity contribution < 1.29 is 17.2 Å². The summed E-state index contributed by atoms with van der Waals surface area (Å²) in [5, 5.41) is 0.611. The summed E-state index contributed by atoms with van der Waals surface area (Å²) in [5.74, 6) is -3.16. The molecule has 8 heteroatoms. The van der Waals surface area contributed by atoms with Crippen molar-refractivity contribution in [3.05, 3.63) is 63.6 Å². The molecule has 2 aromatic rings. The zero-order valence-electron chi connectivity index (χ0n) is 11.7. The minimum absolute atomic E-state index is 0.239. The van der Waals surface area contributed by atoms with Crippen LogP contribution in [0.25, 0.3) is 0 Å². The van der Waals surface area contributed by atoms with Crippen LogP contribution < -0.4 is 0 Å². The van der Waals surface area contributed by atoms with Crippen LogP contribution in [-0.4, -0.2) is 14.2 Å². The Morgan fingerprint density at radius 3 is 2.35 bits per heavy atom. The largest absolute Gasteiger partial charge is 0.288 e. The van der Waals surface area contributed by atoms with Crippen LogP contribution in [0.1, 0.15) is 11.1 Å². The average molecular weight is 397 g/mol. The van der Waals surface area contributed by atoms with Gasteiger partial charge < -0.3 is 0 Å². The highest BCUT2D eigenvalue weighted by atomic mass is 35.5. The molecule has 0 spiro atoms. The van der Waals surface area contributed by atoms with Gasteiger partial charge in [-0.1, -0.05) is 59.2 Å². The summed E-state index contributed by atoms with van der Waals surface area (Å²) < 4.78 is 49.8. The van der Waals surface area contributed by atoms with Gasteiger partial charge in [-0.15, -0.1) is 0 Å². The molecular formula is C15H12Cl2F2O2S2. The SMILES string of the molecule is O=S(=O)(Cc1ccc(Cl)c(Cl)c1)Cc1ccccc1SC(F)F. The van der Waals surface area contributed by atoms with E-state index in [0.717, 1.165) is 0 Å². The van der Waals surface area contributed by atoms with Crippen LogP contribution in [0, 0.1) is 0 Å². The Labute approximate surface area is 147 Å². The Morgan fingerprint density at radius 2 is 1.70 bits per heavy atom. The molecule has 2 aromatic carbocycles. The van der Waals surface area contributed by atoms with Gasteiger partial charge in [0.2, 0.25) is 0 Å². The highest BCUT2D eigenvalue weighted by Gasteiger charge is 2.18. The van der Waals surface area contributed by atoms with Crippen LogP contribution in [0.3, 0.4) is 0 Å². The Hall–Kier alpha value is -0.820. The Morgan fingerprint density at radius 1 is 1.00 bits per heavy atom. The van der Waals surface area contributed by atoms with Crippen molar-refractivity contribution in [1.29, 1.82) is 0 Å². The third-order valence-electron chi connectivity index (χ3n) is 2.93. The monoisotopic (exact) mass is 396 g/mol. The molecule has 0 radical (unpaired) electrons. The van der Waals surface area contributed by atoms with Crippen LogP contribution in [0.15, 0.2) is 47.4 Å². The smallest absolute Gasteiger partial charge is 0.228 e. The fraction of sp³-hybridized carbons (Fsp3) is 0.200. The number of halogens is 4. The fourth-order valence-corrected chi connectivity index (χ4v) is 4.57. The van der Waals surface area contributed by atoms with Crippen molar-refractivity contribution in [1.82, 2.24) is 0 Å². The summed E-state index contributed by atoms with van der Waals surface area (Å²) >= 11 is 12.0. The number of alkyl halides is 2. The number of thioether (sulfide) groups is 1. The summed E-state index contributed by atoms with van der Waals surface area (Å²) in [6, 6.07) is 10.8. The molecule has 0 aliphatic rings. The van der Waals surface area contributed by atoms with Crippen LogP contribution in [0.4, 0.5) is 8.78 Å². The maximum atomic E-state index is 12.5. The summed E-state index contributed by atoms with van der Waals surface area (Å²) in [6.45, 7) is 0. The minimum atomic E-state index is -3.54. The molecule has 23 heavy (non-hydrogen) atoms. The average Bonchev–Trinajstić information content (AvgIpc) is 2.44. The summed E-state index contributed by atoms with van der Waals surface area (Å²) in [4.78, 5) is 0.264. The molecule has 2 rings (SSSR count). The number of hydrogen-bond acceptors (Lipinski definition) is 3. The Balaban J connectivity index is 2.20. The molecule has 0 saturated heterocycles. The van der Waals surface area contributed by atoms with Crippen molar-refractivity contribution in [2.45, 2.75) is 22.2 Å². The molecule has 0 bridgehead atoms. The zero-order valence-corrected chi connectivity index (χ0v) is 14.8. The first-order valence-electron chi connectivity index (χ1n) is 6.44. The van der Waals surface area contributed by atoms with Gasteiger partial charge in [0.25, 0.3) is 5.76 Å². The number of rotatable bonds is 6. The maximum Gasteiger partial charge on any atom is 0.288 e. The molecule has 0 aliphatic heterocycles. The lowest BCUT2D eigenvalue weighted by Gasteiger charge is -2.10. The normalized spacial score (nSPS) is 11.9. The van der Waals surface area contributed by atoms with Gasteiger partial charge in [0.05, 0.1) is 21.6 Å². The second-order valence-electron chi connectivity index (χ2n) is 4.77. The van der Waals surface area contributed by atoms with E-state index in [9.17, 15) is 17.2 Å². The molecule has 0 fully saturated rings. The van der Waals surface area contributed by atoms with Gasteiger partial charge in [0.1, 0.15) is 0 Å². The molecule has 0 heterocycles. The Kier molecular flexibility index (Phi) is 6.31. The van der Waals surface area contributed by atoms with Crippen LogP contribution >= 0.6 is 35.0 Å². The van der Waals surface area contributed by atoms with Crippen molar-refractivity contribution in [2.24, 2.45) is 0 Å². The minimum Gasteiger partial charge on any atom is -0.228 e. The lowest BCUT2D eigenvalue weighted by Crippen LogP contribution is -2.08. The van der Waals surface area contributed by atoms with Crippen LogP contribution in [0.2, 0.25) is 10.0 Å². The molecule has 0 N–H and O–H groups in total. The van der Waals surface area contributed by atoms with Gasteiger partial charge in [0.15, 0.2) is 9.84 Å². The number of hydrogen-bond donors (Lipinski definition) is 0. The van der Waals surface area contributed by atoms with E-state index in [0.29, 0.717) is 27.9 Å². The third kappa shape index (κ3) is 5.64. The van der Waals surface area contributed by atoms with Gasteiger partial charge in [-0.3, -0.25) is 0 Å². The first-order chi connectivity index (χ1) is 10.8. The molecule has 0 aromatic heterocycles. The van der Waals surface area contributed by atoms with Crippen molar-refractivity contribution in [2.75, 3.05) is 0 Å². The summed E-state index contributed by atoms with van der Waals surface area (Å²) in [7, 11) is -3.54. The van der Waals surface area contributed by atoms with Gasteiger partial charge >= 0.3 is 0 Å². The first kappa shape index (κ1) is 18.5. The van der Waals surface area contributed by atoms with E-state index in [1.54, 1.807) is 18.2 Å². The number of sulfone groups is 1. The highest BCUT2D eigenvalue weighted by Crippen LogP contribution is 2.30. The first-order valence-corrected chi connectivity index (χ1v) is 9.89. The molecule has 2 nitrogen and oxygen atoms in total. The predicted octanol–water partition coefficient (Wildman–Crippen LogP) is 5.42. The van der Waals surface area contributed by atoms with Gasteiger partial charge in [-0.25, -0.2) is 8.42 Å². The lowest BCUT2D eigenvalue weighted by molar-refractivity contribution is 0.252. The predicted molar refractivity (Wildman–Crippen MR) is 91.1 cm³/mol. The van der Waals surface area contributed by atoms with E-state index in [1.807, 2.05) is 0 Å². The standard InChI is InChI=1S/C15H12Cl2F2O2S2/c16-12-6-5-10(7-13(12)17)8-23(20,21)9-11-3-1-2-4-14(11)22-15(18)19/h1-7,15H,8-9H2. The van der Waals surface area contributed by atoms with Gasteiger partial charge in [0, 0.05) is 4.90 Å². The number of benzene rings is 2. The second kappa shape index (κ2) is 7.83. The topological polar surface area (TPSA) is 34.1 Å². The van der Waals surface area contributed by atoms with E-state index in [4.69, 9.17) is 23.2 Å². The van der Waals surface area contributed by atoms with Crippen molar-refractivity contribution >= 4 is 44.8 Å². The molecular weight excluding hydrogens is 385 g/mol. The molecule has 0 aliphatic carbocycles. The molecule has 0 atom stereocenters. The highest BCUT2D eigenvalue weighted by molar-refractivity contribution is 7.99. The summed E-state index contributed by atoms with van der Waals surface area (Å²) in [6.07, 6.45) is 0. The molecule has 0 amide bonds. The molecule has 0 saturated carbocycles. The Bertz CT molecular complexity index is 796. The third-order valence-corrected chi connectivity index (χ3v) is 6.03. The van der Waals surface area contributed by atoms with Crippen LogP contribution in [0.5, 0.6) is 0 Å². The van der Waals surface area contributed by atoms with E-state index < -0.39 is 15.6 Å². The molecule has 0 unspecified atom stereocenters. The summed E-state index contributed by atoms with van der Waals surface area (Å²) in [5.41, 5.74) is 0.858. The zero-order chi connectivity index (χ0) is 17.0. The second-order valence-corrected chi connectivity index (χ2v) is 8.68. The fourth-order valence-electron chi connectivity index (χ4n) is 2.01. The van der Waals surface area contributed by atoms with E-state index in [-0.39, 0.29) is 21.4 Å². The maximum absolute atomic E-state index is 12.5.